The molecule has 0 aliphatic heterocycles. The molecule has 0 saturated heterocycles. The molecule has 3 rings (SSSR count). The van der Waals surface area contributed by atoms with Crippen molar-refractivity contribution in [2.75, 3.05) is 12.4 Å². The SMILES string of the molecule is CNc1ncccc1-c1noc(-c2ccc(O[C@@H](C)C(F)(F)F)c(C(F)(F)F)c2)n1. The molecule has 1 N–H and O–H groups in total. The number of pyridine rings is 1. The molecule has 30 heavy (non-hydrogen) atoms. The quantitative estimate of drug-likeness (QED) is 0.560. The van der Waals surface area contributed by atoms with Gasteiger partial charge in [0.05, 0.1) is 11.1 Å². The van der Waals surface area contributed by atoms with Crippen LogP contribution in [0.4, 0.5) is 32.2 Å². The summed E-state index contributed by atoms with van der Waals surface area (Å²) in [5.74, 6) is -0.717. The number of anilines is 1. The molecule has 0 aliphatic carbocycles. The van der Waals surface area contributed by atoms with Crippen LogP contribution in [0.1, 0.15) is 12.5 Å². The van der Waals surface area contributed by atoms with Gasteiger partial charge in [-0.2, -0.15) is 31.3 Å². The predicted octanol–water partition coefficient (Wildman–Crippen LogP) is 5.19. The molecule has 0 spiro atoms. The molecule has 3 aromatic rings. The van der Waals surface area contributed by atoms with Crippen molar-refractivity contribution in [2.24, 2.45) is 0 Å². The van der Waals surface area contributed by atoms with Gasteiger partial charge in [0.15, 0.2) is 6.10 Å². The molecule has 0 saturated carbocycles. The monoisotopic (exact) mass is 432 g/mol. The summed E-state index contributed by atoms with van der Waals surface area (Å²) in [5.41, 5.74) is -1.08. The third-order valence-corrected chi connectivity index (χ3v) is 4.01. The lowest BCUT2D eigenvalue weighted by atomic mass is 10.1. The highest BCUT2D eigenvalue weighted by Gasteiger charge is 2.41. The lowest BCUT2D eigenvalue weighted by Gasteiger charge is -2.20. The van der Waals surface area contributed by atoms with Crippen molar-refractivity contribution >= 4 is 5.82 Å². The van der Waals surface area contributed by atoms with Crippen LogP contribution in [0.2, 0.25) is 0 Å². The Hall–Kier alpha value is -3.31. The second-order valence-corrected chi connectivity index (χ2v) is 6.08. The highest BCUT2D eigenvalue weighted by molar-refractivity contribution is 5.70. The van der Waals surface area contributed by atoms with Crippen molar-refractivity contribution in [3.05, 3.63) is 42.1 Å². The van der Waals surface area contributed by atoms with Gasteiger partial charge in [0, 0.05) is 18.8 Å². The molecule has 0 fully saturated rings. The van der Waals surface area contributed by atoms with Gasteiger partial charge in [0.1, 0.15) is 11.6 Å². The van der Waals surface area contributed by atoms with Crippen LogP contribution in [0.15, 0.2) is 41.1 Å². The Morgan fingerprint density at radius 1 is 1.10 bits per heavy atom. The van der Waals surface area contributed by atoms with E-state index < -0.39 is 29.8 Å². The minimum Gasteiger partial charge on any atom is -0.481 e. The maximum atomic E-state index is 13.4. The fourth-order valence-corrected chi connectivity index (χ4v) is 2.48. The molecule has 6 nitrogen and oxygen atoms in total. The number of halogens is 6. The van der Waals surface area contributed by atoms with Gasteiger partial charge < -0.3 is 14.6 Å². The van der Waals surface area contributed by atoms with Crippen LogP contribution in [-0.2, 0) is 6.18 Å². The molecule has 0 radical (unpaired) electrons. The van der Waals surface area contributed by atoms with Crippen molar-refractivity contribution in [3.8, 4) is 28.6 Å². The minimum atomic E-state index is -4.97. The predicted molar refractivity (Wildman–Crippen MR) is 93.7 cm³/mol. The highest BCUT2D eigenvalue weighted by atomic mass is 19.4. The standard InChI is InChI=1S/C18H14F6N4O2/c1-9(17(19,20)21)29-13-6-5-10(8-12(13)18(22,23)24)16-27-15(28-30-16)11-4-3-7-26-14(11)25-2/h3-9H,1-2H3,(H,25,26)/t9-/m0/s1. The van der Waals surface area contributed by atoms with Crippen molar-refractivity contribution in [1.29, 1.82) is 0 Å². The molecule has 0 unspecified atom stereocenters. The first-order valence-electron chi connectivity index (χ1n) is 8.42. The zero-order valence-corrected chi connectivity index (χ0v) is 15.5. The van der Waals surface area contributed by atoms with E-state index in [1.807, 2.05) is 0 Å². The van der Waals surface area contributed by atoms with E-state index in [9.17, 15) is 26.3 Å². The molecular formula is C18H14F6N4O2. The summed E-state index contributed by atoms with van der Waals surface area (Å²) < 4.78 is 87.8. The van der Waals surface area contributed by atoms with E-state index in [-0.39, 0.29) is 17.3 Å². The molecular weight excluding hydrogens is 418 g/mol. The first-order valence-corrected chi connectivity index (χ1v) is 8.42. The van der Waals surface area contributed by atoms with Crippen LogP contribution < -0.4 is 10.1 Å². The lowest BCUT2D eigenvalue weighted by Crippen LogP contribution is -2.31. The van der Waals surface area contributed by atoms with E-state index in [0.717, 1.165) is 12.1 Å². The smallest absolute Gasteiger partial charge is 0.425 e. The Balaban J connectivity index is 1.99. The van der Waals surface area contributed by atoms with E-state index >= 15 is 0 Å². The number of nitrogens with one attached hydrogen (secondary N) is 1. The molecule has 12 heteroatoms. The topological polar surface area (TPSA) is 73.1 Å². The molecule has 1 aromatic carbocycles. The van der Waals surface area contributed by atoms with Crippen molar-refractivity contribution < 1.29 is 35.6 Å². The zero-order chi connectivity index (χ0) is 22.1. The summed E-state index contributed by atoms with van der Waals surface area (Å²) in [6.45, 7) is 0.617. The van der Waals surface area contributed by atoms with Gasteiger partial charge in [-0.1, -0.05) is 5.16 Å². The summed E-state index contributed by atoms with van der Waals surface area (Å²) in [5, 5.41) is 6.56. The fraction of sp³-hybridized carbons (Fsp3) is 0.278. The third-order valence-electron chi connectivity index (χ3n) is 4.01. The maximum absolute atomic E-state index is 13.4. The number of benzene rings is 1. The molecule has 1 atom stereocenters. The average molecular weight is 432 g/mol. The normalized spacial score (nSPS) is 13.2. The molecule has 0 bridgehead atoms. The first kappa shape index (κ1) is 21.4. The Kier molecular flexibility index (Phi) is 5.59. The number of ether oxygens (including phenoxy) is 1. The number of rotatable bonds is 5. The van der Waals surface area contributed by atoms with Crippen molar-refractivity contribution in [1.82, 2.24) is 15.1 Å². The Morgan fingerprint density at radius 3 is 2.47 bits per heavy atom. The van der Waals surface area contributed by atoms with Gasteiger partial charge in [-0.15, -0.1) is 0 Å². The van der Waals surface area contributed by atoms with Gasteiger partial charge in [-0.3, -0.25) is 0 Å². The Morgan fingerprint density at radius 2 is 1.83 bits per heavy atom. The van der Waals surface area contributed by atoms with E-state index in [1.54, 1.807) is 19.2 Å². The van der Waals surface area contributed by atoms with Gasteiger partial charge in [0.2, 0.25) is 5.82 Å². The van der Waals surface area contributed by atoms with Crippen LogP contribution in [0.25, 0.3) is 22.8 Å². The molecule has 2 heterocycles. The summed E-state index contributed by atoms with van der Waals surface area (Å²) >= 11 is 0. The Labute approximate surface area is 165 Å². The minimum absolute atomic E-state index is 0.0713. The molecule has 0 amide bonds. The average Bonchev–Trinajstić information content (AvgIpc) is 3.16. The van der Waals surface area contributed by atoms with E-state index in [4.69, 9.17) is 4.52 Å². The summed E-state index contributed by atoms with van der Waals surface area (Å²) in [6, 6.07) is 5.73. The lowest BCUT2D eigenvalue weighted by molar-refractivity contribution is -0.191. The second-order valence-electron chi connectivity index (χ2n) is 6.08. The number of hydrogen-bond donors (Lipinski definition) is 1. The van der Waals surface area contributed by atoms with Crippen LogP contribution in [0, 0.1) is 0 Å². The summed E-state index contributed by atoms with van der Waals surface area (Å²) in [7, 11) is 1.61. The van der Waals surface area contributed by atoms with Crippen LogP contribution in [0.5, 0.6) is 5.75 Å². The number of hydrogen-bond acceptors (Lipinski definition) is 6. The molecule has 160 valence electrons. The first-order chi connectivity index (χ1) is 14.0. The van der Waals surface area contributed by atoms with Crippen LogP contribution in [0.3, 0.4) is 0 Å². The number of nitrogens with zero attached hydrogens (tertiary/aromatic N) is 3. The molecule has 0 aliphatic rings. The van der Waals surface area contributed by atoms with Gasteiger partial charge >= 0.3 is 12.4 Å². The van der Waals surface area contributed by atoms with Crippen molar-refractivity contribution in [2.45, 2.75) is 25.4 Å². The summed E-state index contributed by atoms with van der Waals surface area (Å²) in [4.78, 5) is 8.14. The van der Waals surface area contributed by atoms with Gasteiger partial charge in [-0.25, -0.2) is 4.98 Å². The third kappa shape index (κ3) is 4.47. The molecule has 2 aromatic heterocycles. The Bertz CT molecular complexity index is 1030. The van der Waals surface area contributed by atoms with Gasteiger partial charge in [-0.05, 0) is 37.3 Å². The van der Waals surface area contributed by atoms with Gasteiger partial charge in [0.25, 0.3) is 5.89 Å². The number of aromatic nitrogens is 3. The zero-order valence-electron chi connectivity index (χ0n) is 15.5. The highest BCUT2D eigenvalue weighted by Crippen LogP contribution is 2.40. The van der Waals surface area contributed by atoms with Crippen molar-refractivity contribution in [3.63, 3.8) is 0 Å². The largest absolute Gasteiger partial charge is 0.481 e. The number of alkyl halides is 6. The van der Waals surface area contributed by atoms with E-state index in [0.29, 0.717) is 24.4 Å². The van der Waals surface area contributed by atoms with E-state index in [1.165, 1.54) is 6.20 Å². The maximum Gasteiger partial charge on any atom is 0.425 e. The summed E-state index contributed by atoms with van der Waals surface area (Å²) in [6.07, 6.45) is -10.7. The van der Waals surface area contributed by atoms with Crippen LogP contribution in [-0.4, -0.2) is 34.5 Å². The second kappa shape index (κ2) is 7.84. The van der Waals surface area contributed by atoms with Crippen LogP contribution >= 0.6 is 0 Å². The van der Waals surface area contributed by atoms with E-state index in [2.05, 4.69) is 25.2 Å². The fourth-order valence-electron chi connectivity index (χ4n) is 2.48.